The van der Waals surface area contributed by atoms with E-state index in [4.69, 9.17) is 4.74 Å². The second kappa shape index (κ2) is 8.96. The van der Waals surface area contributed by atoms with Crippen molar-refractivity contribution >= 4 is 11.8 Å². The van der Waals surface area contributed by atoms with E-state index < -0.39 is 0 Å². The maximum Gasteiger partial charge on any atom is 0.229 e. The quantitative estimate of drug-likeness (QED) is 0.704. The summed E-state index contributed by atoms with van der Waals surface area (Å²) in [6, 6.07) is 7.69. The van der Waals surface area contributed by atoms with E-state index in [1.807, 2.05) is 31.2 Å². The summed E-state index contributed by atoms with van der Waals surface area (Å²) in [5, 5.41) is 5.41. The summed E-state index contributed by atoms with van der Waals surface area (Å²) in [7, 11) is 1.62. The van der Waals surface area contributed by atoms with E-state index in [9.17, 15) is 9.59 Å². The molecule has 2 N–H and O–H groups in total. The molecule has 110 valence electrons. The van der Waals surface area contributed by atoms with Crippen LogP contribution in [0.15, 0.2) is 24.3 Å². The van der Waals surface area contributed by atoms with Gasteiger partial charge in [-0.15, -0.1) is 0 Å². The zero-order chi connectivity index (χ0) is 14.8. The van der Waals surface area contributed by atoms with Crippen LogP contribution in [0.25, 0.3) is 0 Å². The number of hydrogen-bond donors (Lipinski definition) is 2. The lowest BCUT2D eigenvalue weighted by atomic mass is 10.1. The molecule has 0 fully saturated rings. The molecule has 0 aliphatic rings. The van der Waals surface area contributed by atoms with Crippen LogP contribution in [0.2, 0.25) is 0 Å². The average molecular weight is 278 g/mol. The molecule has 0 saturated heterocycles. The fraction of sp³-hybridized carbons (Fsp3) is 0.467. The van der Waals surface area contributed by atoms with E-state index in [1.54, 1.807) is 7.11 Å². The van der Waals surface area contributed by atoms with E-state index >= 15 is 0 Å². The van der Waals surface area contributed by atoms with Crippen molar-refractivity contribution in [1.82, 2.24) is 10.6 Å². The number of carbonyl (C=O) groups is 2. The Morgan fingerprint density at radius 2 is 1.85 bits per heavy atom. The van der Waals surface area contributed by atoms with E-state index in [0.717, 1.165) is 17.7 Å². The molecule has 20 heavy (non-hydrogen) atoms. The van der Waals surface area contributed by atoms with Crippen molar-refractivity contribution in [3.05, 3.63) is 29.8 Å². The Kier molecular flexibility index (Phi) is 7.17. The number of carbonyl (C=O) groups excluding carboxylic acids is 2. The number of benzene rings is 1. The molecule has 0 bridgehead atoms. The molecule has 0 heterocycles. The van der Waals surface area contributed by atoms with Crippen molar-refractivity contribution < 1.29 is 14.3 Å². The molecule has 0 atom stereocenters. The fourth-order valence-corrected chi connectivity index (χ4v) is 1.71. The largest absolute Gasteiger partial charge is 0.497 e. The lowest BCUT2D eigenvalue weighted by molar-refractivity contribution is -0.129. The minimum Gasteiger partial charge on any atom is -0.497 e. The van der Waals surface area contributed by atoms with Gasteiger partial charge in [-0.2, -0.15) is 0 Å². The van der Waals surface area contributed by atoms with Gasteiger partial charge in [0.2, 0.25) is 11.8 Å². The molecule has 0 aliphatic carbocycles. The standard InChI is InChI=1S/C15H22N2O3/c1-3-8-16-14(18)11-15(19)17-9-7-12-5-4-6-13(10-12)20-2/h4-6,10H,3,7-9,11H2,1-2H3,(H,16,18)(H,17,19). The molecule has 0 spiro atoms. The first-order valence-corrected chi connectivity index (χ1v) is 6.82. The van der Waals surface area contributed by atoms with Crippen molar-refractivity contribution in [3.8, 4) is 5.75 Å². The van der Waals surface area contributed by atoms with Crippen LogP contribution >= 0.6 is 0 Å². The van der Waals surface area contributed by atoms with Gasteiger partial charge in [0.1, 0.15) is 12.2 Å². The summed E-state index contributed by atoms with van der Waals surface area (Å²) >= 11 is 0. The van der Waals surface area contributed by atoms with Gasteiger partial charge in [0.15, 0.2) is 0 Å². The van der Waals surface area contributed by atoms with Crippen LogP contribution in [0.4, 0.5) is 0 Å². The van der Waals surface area contributed by atoms with E-state index in [0.29, 0.717) is 19.5 Å². The Morgan fingerprint density at radius 3 is 2.50 bits per heavy atom. The van der Waals surface area contributed by atoms with Gasteiger partial charge in [0, 0.05) is 13.1 Å². The van der Waals surface area contributed by atoms with Gasteiger partial charge in [-0.1, -0.05) is 19.1 Å². The number of hydrogen-bond acceptors (Lipinski definition) is 3. The zero-order valence-corrected chi connectivity index (χ0v) is 12.1. The maximum atomic E-state index is 11.5. The highest BCUT2D eigenvalue weighted by atomic mass is 16.5. The summed E-state index contributed by atoms with van der Waals surface area (Å²) in [6.45, 7) is 3.08. The Bertz CT molecular complexity index is 446. The first-order valence-electron chi connectivity index (χ1n) is 6.82. The fourth-order valence-electron chi connectivity index (χ4n) is 1.71. The van der Waals surface area contributed by atoms with Crippen molar-refractivity contribution in [3.63, 3.8) is 0 Å². The summed E-state index contributed by atoms with van der Waals surface area (Å²) in [4.78, 5) is 22.9. The summed E-state index contributed by atoms with van der Waals surface area (Å²) < 4.78 is 5.13. The van der Waals surface area contributed by atoms with Crippen molar-refractivity contribution in [2.75, 3.05) is 20.2 Å². The molecule has 0 unspecified atom stereocenters. The number of ether oxygens (including phenoxy) is 1. The first-order chi connectivity index (χ1) is 9.65. The highest BCUT2D eigenvalue weighted by Crippen LogP contribution is 2.12. The molecule has 2 amide bonds. The van der Waals surface area contributed by atoms with Crippen LogP contribution in [0.3, 0.4) is 0 Å². The van der Waals surface area contributed by atoms with Crippen molar-refractivity contribution in [1.29, 1.82) is 0 Å². The first kappa shape index (κ1) is 16.0. The Balaban J connectivity index is 2.26. The van der Waals surface area contributed by atoms with Gasteiger partial charge >= 0.3 is 0 Å². The molecule has 1 aromatic carbocycles. The van der Waals surface area contributed by atoms with Gasteiger partial charge in [0.25, 0.3) is 0 Å². The molecule has 5 nitrogen and oxygen atoms in total. The van der Waals surface area contributed by atoms with Gasteiger partial charge in [0.05, 0.1) is 7.11 Å². The second-order valence-corrected chi connectivity index (χ2v) is 4.48. The molecular weight excluding hydrogens is 256 g/mol. The summed E-state index contributed by atoms with van der Waals surface area (Å²) in [5.74, 6) is 0.319. The van der Waals surface area contributed by atoms with Crippen LogP contribution in [0.5, 0.6) is 5.75 Å². The third-order valence-corrected chi connectivity index (χ3v) is 2.76. The molecule has 1 aromatic rings. The normalized spacial score (nSPS) is 9.90. The SMILES string of the molecule is CCCNC(=O)CC(=O)NCCc1cccc(OC)c1. The predicted molar refractivity (Wildman–Crippen MR) is 77.6 cm³/mol. The monoisotopic (exact) mass is 278 g/mol. The topological polar surface area (TPSA) is 67.4 Å². The molecule has 0 aliphatic heterocycles. The minimum atomic E-state index is -0.249. The molecular formula is C15H22N2O3. The van der Waals surface area contributed by atoms with Crippen LogP contribution in [0.1, 0.15) is 25.3 Å². The predicted octanol–water partition coefficient (Wildman–Crippen LogP) is 1.27. The molecule has 0 aromatic heterocycles. The highest BCUT2D eigenvalue weighted by Gasteiger charge is 2.07. The lowest BCUT2D eigenvalue weighted by Gasteiger charge is -2.07. The van der Waals surface area contributed by atoms with E-state index in [1.165, 1.54) is 0 Å². The number of nitrogens with one attached hydrogen (secondary N) is 2. The Labute approximate surface area is 119 Å². The van der Waals surface area contributed by atoms with Crippen LogP contribution < -0.4 is 15.4 Å². The van der Waals surface area contributed by atoms with Gasteiger partial charge in [-0.05, 0) is 30.5 Å². The molecule has 0 saturated carbocycles. The van der Waals surface area contributed by atoms with Crippen LogP contribution in [-0.4, -0.2) is 32.0 Å². The van der Waals surface area contributed by atoms with Crippen LogP contribution in [0, 0.1) is 0 Å². The number of rotatable bonds is 8. The van der Waals surface area contributed by atoms with Crippen molar-refractivity contribution in [2.24, 2.45) is 0 Å². The molecule has 1 rings (SSSR count). The van der Waals surface area contributed by atoms with E-state index in [-0.39, 0.29) is 18.2 Å². The second-order valence-electron chi connectivity index (χ2n) is 4.48. The smallest absolute Gasteiger partial charge is 0.229 e. The van der Waals surface area contributed by atoms with Gasteiger partial charge < -0.3 is 15.4 Å². The highest BCUT2D eigenvalue weighted by molar-refractivity contribution is 5.96. The Hall–Kier alpha value is -2.04. The zero-order valence-electron chi connectivity index (χ0n) is 12.1. The van der Waals surface area contributed by atoms with Gasteiger partial charge in [-0.25, -0.2) is 0 Å². The summed E-state index contributed by atoms with van der Waals surface area (Å²) in [6.07, 6.45) is 1.46. The van der Waals surface area contributed by atoms with E-state index in [2.05, 4.69) is 10.6 Å². The number of methoxy groups -OCH3 is 1. The molecule has 0 radical (unpaired) electrons. The third-order valence-electron chi connectivity index (χ3n) is 2.76. The Morgan fingerprint density at radius 1 is 1.15 bits per heavy atom. The molecule has 5 heteroatoms. The van der Waals surface area contributed by atoms with Crippen LogP contribution in [-0.2, 0) is 16.0 Å². The summed E-state index contributed by atoms with van der Waals surface area (Å²) in [5.41, 5.74) is 1.08. The maximum absolute atomic E-state index is 11.5. The van der Waals surface area contributed by atoms with Gasteiger partial charge in [-0.3, -0.25) is 9.59 Å². The lowest BCUT2D eigenvalue weighted by Crippen LogP contribution is -2.33. The third kappa shape index (κ3) is 6.22. The van der Waals surface area contributed by atoms with Crippen molar-refractivity contribution in [2.45, 2.75) is 26.2 Å². The minimum absolute atomic E-state index is 0.113. The number of amides is 2. The average Bonchev–Trinajstić information content (AvgIpc) is 2.45.